The van der Waals surface area contributed by atoms with Crippen LogP contribution in [0.4, 0.5) is 5.69 Å². The van der Waals surface area contributed by atoms with E-state index in [1.54, 1.807) is 35.6 Å². The molecule has 1 aliphatic heterocycles. The molecule has 0 bridgehead atoms. The Morgan fingerprint density at radius 1 is 1.39 bits per heavy atom. The molecule has 3 rings (SSSR count). The normalized spacial score (nSPS) is 19.2. The highest BCUT2D eigenvalue weighted by Gasteiger charge is 2.33. The summed E-state index contributed by atoms with van der Waals surface area (Å²) in [5.41, 5.74) is 1.32. The van der Waals surface area contributed by atoms with E-state index in [-0.39, 0.29) is 11.9 Å². The molecule has 1 amide bonds. The fourth-order valence-electron chi connectivity index (χ4n) is 3.06. The van der Waals surface area contributed by atoms with Gasteiger partial charge in [0.1, 0.15) is 0 Å². The highest BCUT2D eigenvalue weighted by atomic mass is 32.1. The van der Waals surface area contributed by atoms with Gasteiger partial charge in [0.25, 0.3) is 0 Å². The summed E-state index contributed by atoms with van der Waals surface area (Å²) in [7, 11) is 0. The van der Waals surface area contributed by atoms with Gasteiger partial charge in [0.15, 0.2) is 0 Å². The molecule has 1 N–H and O–H groups in total. The Kier molecular flexibility index (Phi) is 4.75. The van der Waals surface area contributed by atoms with Crippen LogP contribution in [0.25, 0.3) is 0 Å². The summed E-state index contributed by atoms with van der Waals surface area (Å²) < 4.78 is 0. The number of carbonyl (C=O) groups is 1. The van der Waals surface area contributed by atoms with Crippen LogP contribution in [0.3, 0.4) is 0 Å². The molecule has 118 valence electrons. The van der Waals surface area contributed by atoms with Crippen LogP contribution >= 0.6 is 11.3 Å². The maximum atomic E-state index is 12.6. The first-order valence-corrected chi connectivity index (χ1v) is 8.67. The second kappa shape index (κ2) is 6.95. The van der Waals surface area contributed by atoms with Gasteiger partial charge < -0.3 is 5.32 Å². The van der Waals surface area contributed by atoms with Crippen molar-refractivity contribution in [1.82, 2.24) is 4.90 Å². The number of anilines is 1. The number of nitrogens with zero attached hydrogens (tertiary/aromatic N) is 2. The van der Waals surface area contributed by atoms with E-state index < -0.39 is 0 Å². The molecule has 0 spiro atoms. The molecule has 0 aliphatic carbocycles. The van der Waals surface area contributed by atoms with Crippen LogP contribution in [0.15, 0.2) is 41.8 Å². The molecule has 1 aromatic carbocycles. The monoisotopic (exact) mass is 325 g/mol. The number of thiophene rings is 1. The minimum Gasteiger partial charge on any atom is -0.325 e. The number of benzene rings is 1. The SMILES string of the molecule is C[C@H](C(=O)Nc1ccc(C#N)cc1)N1CCC[C@@H]1c1cccs1. The third-order valence-corrected chi connectivity index (χ3v) is 5.30. The molecular formula is C18H19N3OS. The molecule has 1 fully saturated rings. The number of rotatable bonds is 4. The lowest BCUT2D eigenvalue weighted by molar-refractivity contribution is -0.121. The zero-order valence-electron chi connectivity index (χ0n) is 13.0. The predicted molar refractivity (Wildman–Crippen MR) is 92.2 cm³/mol. The van der Waals surface area contributed by atoms with Crippen LogP contribution in [-0.2, 0) is 4.79 Å². The van der Waals surface area contributed by atoms with Crippen molar-refractivity contribution in [2.75, 3.05) is 11.9 Å². The maximum absolute atomic E-state index is 12.6. The zero-order valence-corrected chi connectivity index (χ0v) is 13.8. The van der Waals surface area contributed by atoms with Gasteiger partial charge in [-0.05, 0) is 62.0 Å². The van der Waals surface area contributed by atoms with Crippen LogP contribution in [-0.4, -0.2) is 23.4 Å². The molecule has 1 aliphatic rings. The largest absolute Gasteiger partial charge is 0.325 e. The van der Waals surface area contributed by atoms with Gasteiger partial charge in [-0.2, -0.15) is 5.26 Å². The van der Waals surface area contributed by atoms with E-state index in [0.29, 0.717) is 11.6 Å². The third-order valence-electron chi connectivity index (χ3n) is 4.32. The van der Waals surface area contributed by atoms with Gasteiger partial charge in [-0.15, -0.1) is 11.3 Å². The van der Waals surface area contributed by atoms with Crippen LogP contribution in [0, 0.1) is 11.3 Å². The first kappa shape index (κ1) is 15.7. The molecule has 2 atom stereocenters. The van der Waals surface area contributed by atoms with Crippen molar-refractivity contribution in [2.24, 2.45) is 0 Å². The minimum atomic E-state index is -0.180. The van der Waals surface area contributed by atoms with E-state index in [9.17, 15) is 4.79 Å². The summed E-state index contributed by atoms with van der Waals surface area (Å²) in [6.07, 6.45) is 2.23. The zero-order chi connectivity index (χ0) is 16.2. The van der Waals surface area contributed by atoms with Gasteiger partial charge in [-0.3, -0.25) is 9.69 Å². The quantitative estimate of drug-likeness (QED) is 0.930. The van der Waals surface area contributed by atoms with E-state index in [1.807, 2.05) is 6.92 Å². The van der Waals surface area contributed by atoms with Crippen molar-refractivity contribution >= 4 is 22.9 Å². The van der Waals surface area contributed by atoms with Gasteiger partial charge in [-0.25, -0.2) is 0 Å². The van der Waals surface area contributed by atoms with Crippen LogP contribution < -0.4 is 5.32 Å². The molecule has 2 aromatic rings. The average Bonchev–Trinajstić information content (AvgIpc) is 3.25. The second-order valence-corrected chi connectivity index (χ2v) is 6.74. The van der Waals surface area contributed by atoms with E-state index in [2.05, 4.69) is 33.8 Å². The van der Waals surface area contributed by atoms with Gasteiger partial charge in [0.05, 0.1) is 17.7 Å². The number of hydrogen-bond donors (Lipinski definition) is 1. The maximum Gasteiger partial charge on any atom is 0.241 e. The number of carbonyl (C=O) groups excluding carboxylic acids is 1. The molecule has 23 heavy (non-hydrogen) atoms. The van der Waals surface area contributed by atoms with Gasteiger partial charge in [-0.1, -0.05) is 6.07 Å². The predicted octanol–water partition coefficient (Wildman–Crippen LogP) is 3.78. The standard InChI is InChI=1S/C18H19N3OS/c1-13(18(22)20-15-8-6-14(12-19)7-9-15)21-10-2-4-16(21)17-5-3-11-23-17/h3,5-9,11,13,16H,2,4,10H2,1H3,(H,20,22)/t13-,16-/m1/s1. The van der Waals surface area contributed by atoms with Gasteiger partial charge in [0.2, 0.25) is 5.91 Å². The van der Waals surface area contributed by atoms with E-state index >= 15 is 0 Å². The summed E-state index contributed by atoms with van der Waals surface area (Å²) in [4.78, 5) is 16.2. The Morgan fingerprint density at radius 2 is 2.17 bits per heavy atom. The van der Waals surface area contributed by atoms with Gasteiger partial charge >= 0.3 is 0 Å². The van der Waals surface area contributed by atoms with Crippen molar-refractivity contribution < 1.29 is 4.79 Å². The highest BCUT2D eigenvalue weighted by Crippen LogP contribution is 2.36. The number of nitriles is 1. The fourth-order valence-corrected chi connectivity index (χ4v) is 3.95. The average molecular weight is 325 g/mol. The summed E-state index contributed by atoms with van der Waals surface area (Å²) >= 11 is 1.76. The van der Waals surface area contributed by atoms with Gasteiger partial charge in [0, 0.05) is 16.6 Å². The van der Waals surface area contributed by atoms with Crippen molar-refractivity contribution in [3.63, 3.8) is 0 Å². The fraction of sp³-hybridized carbons (Fsp3) is 0.333. The van der Waals surface area contributed by atoms with Crippen LogP contribution in [0.1, 0.15) is 36.2 Å². The molecule has 0 saturated carbocycles. The number of amides is 1. The number of likely N-dealkylation sites (tertiary alicyclic amines) is 1. The van der Waals surface area contributed by atoms with E-state index in [4.69, 9.17) is 5.26 Å². The molecular weight excluding hydrogens is 306 g/mol. The summed E-state index contributed by atoms with van der Waals surface area (Å²) in [5, 5.41) is 13.9. The lowest BCUT2D eigenvalue weighted by Gasteiger charge is -2.29. The lowest BCUT2D eigenvalue weighted by atomic mass is 10.1. The summed E-state index contributed by atoms with van der Waals surface area (Å²) in [6.45, 7) is 2.91. The van der Waals surface area contributed by atoms with Crippen molar-refractivity contribution in [3.8, 4) is 6.07 Å². The topological polar surface area (TPSA) is 56.1 Å². The third kappa shape index (κ3) is 3.44. The van der Waals surface area contributed by atoms with Crippen LogP contribution in [0.5, 0.6) is 0 Å². The molecule has 5 heteroatoms. The van der Waals surface area contributed by atoms with E-state index in [0.717, 1.165) is 25.1 Å². The number of hydrogen-bond acceptors (Lipinski definition) is 4. The molecule has 0 unspecified atom stereocenters. The van der Waals surface area contributed by atoms with Crippen LogP contribution in [0.2, 0.25) is 0 Å². The molecule has 1 aromatic heterocycles. The lowest BCUT2D eigenvalue weighted by Crippen LogP contribution is -2.41. The molecule has 4 nitrogen and oxygen atoms in total. The molecule has 2 heterocycles. The number of nitrogens with one attached hydrogen (secondary N) is 1. The Hall–Kier alpha value is -2.16. The second-order valence-electron chi connectivity index (χ2n) is 5.77. The minimum absolute atomic E-state index is 0.00170. The van der Waals surface area contributed by atoms with Crippen molar-refractivity contribution in [1.29, 1.82) is 5.26 Å². The van der Waals surface area contributed by atoms with Crippen molar-refractivity contribution in [3.05, 3.63) is 52.2 Å². The Balaban J connectivity index is 1.67. The summed E-state index contributed by atoms with van der Waals surface area (Å²) in [6, 6.07) is 13.4. The Bertz CT molecular complexity index is 703. The first-order chi connectivity index (χ1) is 11.2. The van der Waals surface area contributed by atoms with E-state index in [1.165, 1.54) is 4.88 Å². The highest BCUT2D eigenvalue weighted by molar-refractivity contribution is 7.10. The smallest absolute Gasteiger partial charge is 0.241 e. The van der Waals surface area contributed by atoms with Crippen molar-refractivity contribution in [2.45, 2.75) is 31.8 Å². The molecule has 1 saturated heterocycles. The molecule has 0 radical (unpaired) electrons. The Labute approximate surface area is 140 Å². The first-order valence-electron chi connectivity index (χ1n) is 7.79. The Morgan fingerprint density at radius 3 is 2.83 bits per heavy atom. The summed E-state index contributed by atoms with van der Waals surface area (Å²) in [5.74, 6) is -0.00170.